The van der Waals surface area contributed by atoms with Gasteiger partial charge in [-0.25, -0.2) is 28.8 Å². The second kappa shape index (κ2) is 56.3. The molecule has 0 bridgehead atoms. The summed E-state index contributed by atoms with van der Waals surface area (Å²) in [4.78, 5) is 153. The standard InChI is InChI=1S/3C14H15F3O5.3C14H18O5.CO2/c1-8(2)12(18)20-9(3)21-13(19)22-11-6-4-10(5-7-11)14(15,16)17;1-8(2)12(18)20-9(3)21-13(19)22-11-6-4-5-10(7-11)14(15,16)17;1-8(2)12(18)20-9(3)21-13(19)22-11-7-5-4-6-10(11)14(15,16)17;1-9(2)13(15)17-11(4)18-14(16)19-12-7-5-10(3)6-8-12;1-9(2)13(15)17-11(4)18-14(16)19-12-7-5-6-10(3)8-12;1-9(2)13(15)17-11(4)18-14(16)19-12-8-6-5-7-10(12)3;2-1-3/h3*4-9H,1-3H3;3*5-9,11H,1-4H3;/t3*9-;3*11-;/m111111./s1. The van der Waals surface area contributed by atoms with Crippen molar-refractivity contribution in [3.05, 3.63) is 179 Å². The summed E-state index contributed by atoms with van der Waals surface area (Å²) >= 11 is 0. The molecule has 0 aliphatic heterocycles. The first-order valence-corrected chi connectivity index (χ1v) is 37.6. The lowest BCUT2D eigenvalue weighted by atomic mass is 10.2. The van der Waals surface area contributed by atoms with Gasteiger partial charge in [0.15, 0.2) is 0 Å². The summed E-state index contributed by atoms with van der Waals surface area (Å²) in [7, 11) is 0. The average molecular weight is 1800 g/mol. The molecule has 6 aromatic rings. The number of rotatable bonds is 24. The summed E-state index contributed by atoms with van der Waals surface area (Å²) in [5.74, 6) is -5.12. The van der Waals surface area contributed by atoms with Crippen LogP contribution in [0.2, 0.25) is 0 Å². The molecular weight excluding hydrogens is 1700 g/mol. The summed E-state index contributed by atoms with van der Waals surface area (Å²) in [6, 6.07) is 32.4. The molecule has 694 valence electrons. The van der Waals surface area contributed by atoms with Gasteiger partial charge < -0.3 is 85.3 Å². The minimum Gasteiger partial charge on any atom is -0.425 e. The van der Waals surface area contributed by atoms with Crippen molar-refractivity contribution >= 4 is 78.9 Å². The fraction of sp³-hybridized carbons (Fsp3) is 0.424. The van der Waals surface area contributed by atoms with Crippen molar-refractivity contribution in [3.8, 4) is 34.5 Å². The Morgan fingerprint density at radius 1 is 0.254 bits per heavy atom. The molecule has 41 heteroatoms. The SMILES string of the molecule is CC(C)C(=O)O[C@@H](C)OC(=O)Oc1ccc(C(F)(F)F)cc1.CC(C)C(=O)O[C@@H](C)OC(=O)Oc1cccc(C(F)(F)F)c1.CC(C)C(=O)O[C@@H](C)OC(=O)Oc1ccccc1C(F)(F)F.Cc1ccc(OC(=O)O[C@H](C)OC(=O)C(C)C)cc1.Cc1cccc(OC(=O)O[C@H](C)OC(=O)C(C)C)c1.Cc1ccccc1OC(=O)O[C@H](C)OC(=O)C(C)C.O=C=O. The molecule has 6 atom stereocenters. The van der Waals surface area contributed by atoms with E-state index in [1.807, 2.05) is 51.1 Å². The molecule has 0 amide bonds. The number of esters is 6. The minimum atomic E-state index is -4.67. The van der Waals surface area contributed by atoms with E-state index >= 15 is 0 Å². The Bertz CT molecular complexity index is 4480. The van der Waals surface area contributed by atoms with E-state index in [0.29, 0.717) is 23.3 Å². The van der Waals surface area contributed by atoms with Crippen molar-refractivity contribution < 1.29 is 192 Å². The summed E-state index contributed by atoms with van der Waals surface area (Å²) in [5, 5.41) is 0. The van der Waals surface area contributed by atoms with Crippen LogP contribution in [-0.2, 0) is 114 Å². The van der Waals surface area contributed by atoms with E-state index in [-0.39, 0.29) is 35.4 Å². The van der Waals surface area contributed by atoms with E-state index in [4.69, 9.17) is 66.4 Å². The zero-order chi connectivity index (χ0) is 96.7. The molecule has 126 heavy (non-hydrogen) atoms. The van der Waals surface area contributed by atoms with Crippen LogP contribution in [0.5, 0.6) is 34.5 Å². The predicted molar refractivity (Wildman–Crippen MR) is 418 cm³/mol. The molecule has 0 aliphatic rings. The van der Waals surface area contributed by atoms with Crippen LogP contribution in [0.15, 0.2) is 146 Å². The van der Waals surface area contributed by atoms with Gasteiger partial charge in [0.2, 0.25) is 37.7 Å². The molecule has 0 radical (unpaired) electrons. The van der Waals surface area contributed by atoms with Crippen LogP contribution in [0.4, 0.5) is 68.3 Å². The number of aryl methyl sites for hydroxylation is 3. The zero-order valence-corrected chi connectivity index (χ0v) is 72.3. The number of para-hydroxylation sites is 2. The van der Waals surface area contributed by atoms with Gasteiger partial charge in [0, 0.05) is 41.5 Å². The number of alkyl halides is 9. The third-order valence-corrected chi connectivity index (χ3v) is 13.9. The normalized spacial score (nSPS) is 12.1. The fourth-order valence-corrected chi connectivity index (χ4v) is 7.66. The Morgan fingerprint density at radius 2 is 0.516 bits per heavy atom. The van der Waals surface area contributed by atoms with Crippen LogP contribution in [0.1, 0.15) is 158 Å². The van der Waals surface area contributed by atoms with Crippen molar-refractivity contribution in [1.29, 1.82) is 0 Å². The molecule has 0 spiro atoms. The number of carbonyl (C=O) groups excluding carboxylic acids is 14. The van der Waals surface area contributed by atoms with Crippen LogP contribution < -0.4 is 28.4 Å². The molecule has 0 aliphatic carbocycles. The average Bonchev–Trinajstić information content (AvgIpc) is 0.833. The van der Waals surface area contributed by atoms with Gasteiger partial charge in [-0.05, 0) is 117 Å². The van der Waals surface area contributed by atoms with Gasteiger partial charge in [-0.2, -0.15) is 49.1 Å². The lowest BCUT2D eigenvalue weighted by Gasteiger charge is -2.16. The number of benzene rings is 6. The number of hydrogen-bond donors (Lipinski definition) is 0. The third-order valence-electron chi connectivity index (χ3n) is 13.9. The second-order valence-electron chi connectivity index (χ2n) is 27.3. The lowest BCUT2D eigenvalue weighted by molar-refractivity contribution is -0.192. The predicted octanol–water partition coefficient (Wildman–Crippen LogP) is 19.9. The number of halogens is 9. The molecule has 0 saturated carbocycles. The number of carbonyl (C=O) groups is 12. The second-order valence-corrected chi connectivity index (χ2v) is 27.3. The highest BCUT2D eigenvalue weighted by molar-refractivity contribution is 5.75. The maximum Gasteiger partial charge on any atom is 0.516 e. The van der Waals surface area contributed by atoms with Crippen molar-refractivity contribution in [2.75, 3.05) is 0 Å². The Hall–Kier alpha value is -13.5. The quantitative estimate of drug-likeness (QED) is 0.0178. The summed E-state index contributed by atoms with van der Waals surface area (Å²) in [5.41, 5.74) is -0.112. The van der Waals surface area contributed by atoms with E-state index in [0.717, 1.165) is 71.3 Å². The van der Waals surface area contributed by atoms with Crippen LogP contribution >= 0.6 is 0 Å². The maximum atomic E-state index is 12.7. The fourth-order valence-electron chi connectivity index (χ4n) is 7.66. The molecule has 0 saturated heterocycles. The molecule has 6 rings (SSSR count). The monoisotopic (exact) mass is 1800 g/mol. The first kappa shape index (κ1) is 113. The Labute approximate surface area is 718 Å². The summed E-state index contributed by atoms with van der Waals surface area (Å²) in [6.07, 6.45) is -26.6. The highest BCUT2D eigenvalue weighted by Crippen LogP contribution is 2.37. The van der Waals surface area contributed by atoms with E-state index < -0.39 is 169 Å². The molecule has 32 nitrogen and oxygen atoms in total. The summed E-state index contributed by atoms with van der Waals surface area (Å²) < 4.78 is 199. The van der Waals surface area contributed by atoms with Crippen molar-refractivity contribution in [3.63, 3.8) is 0 Å². The Kier molecular flexibility index (Phi) is 50.3. The highest BCUT2D eigenvalue weighted by atomic mass is 19.4. The largest absolute Gasteiger partial charge is 0.516 e. The molecule has 0 aromatic heterocycles. The molecule has 0 fully saturated rings. The molecular formula is C85H99F9O32. The van der Waals surface area contributed by atoms with Crippen molar-refractivity contribution in [2.24, 2.45) is 35.5 Å². The van der Waals surface area contributed by atoms with Crippen molar-refractivity contribution in [1.82, 2.24) is 0 Å². The van der Waals surface area contributed by atoms with Gasteiger partial charge in [0.05, 0.1) is 52.2 Å². The van der Waals surface area contributed by atoms with Gasteiger partial charge in [-0.15, -0.1) is 0 Å². The van der Waals surface area contributed by atoms with E-state index in [1.54, 1.807) is 126 Å². The van der Waals surface area contributed by atoms with Gasteiger partial charge in [-0.3, -0.25) is 28.8 Å². The smallest absolute Gasteiger partial charge is 0.425 e. The lowest BCUT2D eigenvalue weighted by Crippen LogP contribution is -2.26. The van der Waals surface area contributed by atoms with Gasteiger partial charge in [0.25, 0.3) is 0 Å². The zero-order valence-electron chi connectivity index (χ0n) is 72.3. The Balaban J connectivity index is 0.00000148. The topological polar surface area (TPSA) is 405 Å². The van der Waals surface area contributed by atoms with Gasteiger partial charge in [0.1, 0.15) is 34.5 Å². The Morgan fingerprint density at radius 3 is 0.810 bits per heavy atom. The van der Waals surface area contributed by atoms with Crippen LogP contribution in [-0.4, -0.2) is 117 Å². The number of ether oxygens (including phenoxy) is 18. The van der Waals surface area contributed by atoms with Gasteiger partial charge >= 0.3 is 97.4 Å². The molecule has 0 heterocycles. The minimum absolute atomic E-state index is 0.125. The van der Waals surface area contributed by atoms with E-state index in [1.165, 1.54) is 53.7 Å². The van der Waals surface area contributed by atoms with Crippen molar-refractivity contribution in [2.45, 2.75) is 202 Å². The van der Waals surface area contributed by atoms with Gasteiger partial charge in [-0.1, -0.05) is 149 Å². The van der Waals surface area contributed by atoms with Crippen LogP contribution in [0.3, 0.4) is 0 Å². The van der Waals surface area contributed by atoms with E-state index in [2.05, 4.69) is 28.4 Å². The van der Waals surface area contributed by atoms with Crippen LogP contribution in [0, 0.1) is 56.3 Å². The first-order valence-electron chi connectivity index (χ1n) is 37.6. The molecule has 0 N–H and O–H groups in total. The maximum absolute atomic E-state index is 12.7. The summed E-state index contributed by atoms with van der Waals surface area (Å²) in [6.45, 7) is 33.6. The molecule has 0 unspecified atom stereocenters. The van der Waals surface area contributed by atoms with Crippen LogP contribution in [0.25, 0.3) is 0 Å². The first-order chi connectivity index (χ1) is 58.4. The number of hydrogen-bond acceptors (Lipinski definition) is 32. The molecule has 6 aromatic carbocycles. The highest BCUT2D eigenvalue weighted by Gasteiger charge is 2.36. The third kappa shape index (κ3) is 50.2. The van der Waals surface area contributed by atoms with E-state index in [9.17, 15) is 97.0 Å².